The Kier molecular flexibility index (Phi) is 5.24. The number of carbonyl (C=O) groups excluding carboxylic acids is 1. The molecule has 2 fully saturated rings. The zero-order valence-corrected chi connectivity index (χ0v) is 14.5. The van der Waals surface area contributed by atoms with Gasteiger partial charge < -0.3 is 19.9 Å². The van der Waals surface area contributed by atoms with Crippen LogP contribution in [0.1, 0.15) is 12.0 Å². The standard InChI is InChI=1S/C18H25F2N3O2/c1-21-8-10-22-12-17(13-22)7-9-23(14-18(17,19)20)16(24)25-11-15-5-3-2-4-6-15/h2-6,21H,7-14H2,1H3. The maximum atomic E-state index is 14.7. The summed E-state index contributed by atoms with van der Waals surface area (Å²) in [5.74, 6) is -2.88. The van der Waals surface area contributed by atoms with Gasteiger partial charge in [0, 0.05) is 32.7 Å². The van der Waals surface area contributed by atoms with E-state index in [2.05, 4.69) is 5.32 Å². The predicted molar refractivity (Wildman–Crippen MR) is 90.6 cm³/mol. The van der Waals surface area contributed by atoms with Crippen LogP contribution in [0.5, 0.6) is 0 Å². The number of piperidine rings is 1. The van der Waals surface area contributed by atoms with Gasteiger partial charge in [-0.15, -0.1) is 0 Å². The number of rotatable bonds is 5. The zero-order chi connectivity index (χ0) is 17.9. The molecule has 0 atom stereocenters. The van der Waals surface area contributed by atoms with Gasteiger partial charge in [0.1, 0.15) is 6.61 Å². The Morgan fingerprint density at radius 2 is 1.96 bits per heavy atom. The molecule has 1 aromatic carbocycles. The number of likely N-dealkylation sites (tertiary alicyclic amines) is 2. The highest BCUT2D eigenvalue weighted by Gasteiger charge is 2.62. The van der Waals surface area contributed by atoms with Crippen LogP contribution in [0.25, 0.3) is 0 Å². The van der Waals surface area contributed by atoms with E-state index in [1.807, 2.05) is 42.3 Å². The Bertz CT molecular complexity index is 591. The van der Waals surface area contributed by atoms with Crippen LogP contribution < -0.4 is 5.32 Å². The molecule has 0 saturated carbocycles. The van der Waals surface area contributed by atoms with Gasteiger partial charge in [0.05, 0.1) is 12.0 Å². The van der Waals surface area contributed by atoms with Gasteiger partial charge in [0.2, 0.25) is 0 Å². The molecule has 1 amide bonds. The molecule has 2 aliphatic rings. The molecule has 0 radical (unpaired) electrons. The number of halogens is 2. The van der Waals surface area contributed by atoms with Gasteiger partial charge in [0.15, 0.2) is 0 Å². The van der Waals surface area contributed by atoms with E-state index in [0.717, 1.165) is 23.6 Å². The van der Waals surface area contributed by atoms with Crippen molar-refractivity contribution in [2.24, 2.45) is 5.41 Å². The van der Waals surface area contributed by atoms with Crippen LogP contribution in [0.3, 0.4) is 0 Å². The van der Waals surface area contributed by atoms with Crippen LogP contribution in [-0.4, -0.2) is 68.1 Å². The fraction of sp³-hybridized carbons (Fsp3) is 0.611. The number of benzene rings is 1. The number of hydrogen-bond donors (Lipinski definition) is 1. The topological polar surface area (TPSA) is 44.8 Å². The Morgan fingerprint density at radius 1 is 1.24 bits per heavy atom. The van der Waals surface area contributed by atoms with E-state index < -0.39 is 24.0 Å². The third-order valence-electron chi connectivity index (χ3n) is 5.22. The third-order valence-corrected chi connectivity index (χ3v) is 5.22. The van der Waals surface area contributed by atoms with E-state index in [1.165, 1.54) is 0 Å². The lowest BCUT2D eigenvalue weighted by molar-refractivity contribution is -0.220. The van der Waals surface area contributed by atoms with Crippen LogP contribution in [0, 0.1) is 5.41 Å². The summed E-state index contributed by atoms with van der Waals surface area (Å²) in [6, 6.07) is 9.23. The molecular weight excluding hydrogens is 328 g/mol. The third kappa shape index (κ3) is 3.77. The number of alkyl halides is 2. The molecular formula is C18H25F2N3O2. The first-order valence-corrected chi connectivity index (χ1v) is 8.66. The number of nitrogens with zero attached hydrogens (tertiary/aromatic N) is 2. The second-order valence-electron chi connectivity index (χ2n) is 7.01. The molecule has 1 spiro atoms. The van der Waals surface area contributed by atoms with E-state index in [0.29, 0.717) is 26.1 Å². The number of hydrogen-bond acceptors (Lipinski definition) is 4. The van der Waals surface area contributed by atoms with Crippen LogP contribution in [0.15, 0.2) is 30.3 Å². The van der Waals surface area contributed by atoms with Gasteiger partial charge in [-0.3, -0.25) is 0 Å². The first-order chi connectivity index (χ1) is 12.0. The van der Waals surface area contributed by atoms with Gasteiger partial charge in [-0.1, -0.05) is 30.3 Å². The number of nitrogens with one attached hydrogen (secondary N) is 1. The highest BCUT2D eigenvalue weighted by Crippen LogP contribution is 2.49. The average Bonchev–Trinajstić information content (AvgIpc) is 2.57. The lowest BCUT2D eigenvalue weighted by atomic mass is 9.69. The summed E-state index contributed by atoms with van der Waals surface area (Å²) in [6.45, 7) is 2.23. The lowest BCUT2D eigenvalue weighted by Crippen LogP contribution is -2.70. The normalized spacial score (nSPS) is 21.8. The second-order valence-corrected chi connectivity index (χ2v) is 7.01. The Morgan fingerprint density at radius 3 is 2.60 bits per heavy atom. The van der Waals surface area contributed by atoms with Crippen molar-refractivity contribution < 1.29 is 18.3 Å². The smallest absolute Gasteiger partial charge is 0.410 e. The molecule has 5 nitrogen and oxygen atoms in total. The van der Waals surface area contributed by atoms with Gasteiger partial charge >= 0.3 is 6.09 Å². The quantitative estimate of drug-likeness (QED) is 0.881. The number of likely N-dealkylation sites (N-methyl/N-ethyl adjacent to an activating group) is 1. The van der Waals surface area contributed by atoms with Crippen molar-refractivity contribution in [1.29, 1.82) is 0 Å². The summed E-state index contributed by atoms with van der Waals surface area (Å²) in [7, 11) is 1.85. The van der Waals surface area contributed by atoms with E-state index in [9.17, 15) is 13.6 Å². The van der Waals surface area contributed by atoms with Gasteiger partial charge in [-0.25, -0.2) is 13.6 Å². The predicted octanol–water partition coefficient (Wildman–Crippen LogP) is 2.19. The Labute approximate surface area is 146 Å². The fourth-order valence-corrected chi connectivity index (χ4v) is 3.61. The molecule has 2 heterocycles. The van der Waals surface area contributed by atoms with E-state index >= 15 is 0 Å². The highest BCUT2D eigenvalue weighted by molar-refractivity contribution is 5.68. The molecule has 1 aromatic rings. The van der Waals surface area contributed by atoms with Crippen LogP contribution >= 0.6 is 0 Å². The van der Waals surface area contributed by atoms with Crippen molar-refractivity contribution in [2.45, 2.75) is 19.0 Å². The van der Waals surface area contributed by atoms with Crippen molar-refractivity contribution in [3.63, 3.8) is 0 Å². The molecule has 1 N–H and O–H groups in total. The Hall–Kier alpha value is -1.73. The Balaban J connectivity index is 1.51. The van der Waals surface area contributed by atoms with Crippen LogP contribution in [-0.2, 0) is 11.3 Å². The van der Waals surface area contributed by atoms with Crippen molar-refractivity contribution in [1.82, 2.24) is 15.1 Å². The van der Waals surface area contributed by atoms with Crippen molar-refractivity contribution in [3.05, 3.63) is 35.9 Å². The average molecular weight is 353 g/mol. The summed E-state index contributed by atoms with van der Waals surface area (Å²) in [5, 5.41) is 3.03. The SMILES string of the molecule is CNCCN1CC2(CCN(C(=O)OCc3ccccc3)CC2(F)F)C1. The summed E-state index contributed by atoms with van der Waals surface area (Å²) >= 11 is 0. The summed E-state index contributed by atoms with van der Waals surface area (Å²) in [4.78, 5) is 15.3. The molecule has 2 aliphatic heterocycles. The summed E-state index contributed by atoms with van der Waals surface area (Å²) < 4.78 is 34.6. The van der Waals surface area contributed by atoms with Crippen molar-refractivity contribution in [2.75, 3.05) is 46.3 Å². The summed E-state index contributed by atoms with van der Waals surface area (Å²) in [6.07, 6.45) is -0.346. The second kappa shape index (κ2) is 7.25. The van der Waals surface area contributed by atoms with E-state index in [1.54, 1.807) is 0 Å². The number of amides is 1. The molecule has 3 rings (SSSR count). The first-order valence-electron chi connectivity index (χ1n) is 8.66. The van der Waals surface area contributed by atoms with Crippen molar-refractivity contribution >= 4 is 6.09 Å². The zero-order valence-electron chi connectivity index (χ0n) is 14.5. The maximum absolute atomic E-state index is 14.7. The largest absolute Gasteiger partial charge is 0.445 e. The molecule has 0 aliphatic carbocycles. The molecule has 2 saturated heterocycles. The summed E-state index contributed by atoms with van der Waals surface area (Å²) in [5.41, 5.74) is -0.146. The molecule has 138 valence electrons. The minimum absolute atomic E-state index is 0.102. The molecule has 0 unspecified atom stereocenters. The first kappa shape index (κ1) is 18.1. The van der Waals surface area contributed by atoms with Crippen LogP contribution in [0.4, 0.5) is 13.6 Å². The van der Waals surface area contributed by atoms with Gasteiger partial charge in [-0.2, -0.15) is 0 Å². The minimum Gasteiger partial charge on any atom is -0.445 e. The number of carbonyl (C=O) groups is 1. The van der Waals surface area contributed by atoms with Crippen molar-refractivity contribution in [3.8, 4) is 0 Å². The van der Waals surface area contributed by atoms with Gasteiger partial charge in [-0.05, 0) is 19.0 Å². The molecule has 0 aromatic heterocycles. The molecule has 0 bridgehead atoms. The maximum Gasteiger partial charge on any atom is 0.410 e. The lowest BCUT2D eigenvalue weighted by Gasteiger charge is -2.57. The monoisotopic (exact) mass is 353 g/mol. The molecule has 7 heteroatoms. The van der Waals surface area contributed by atoms with E-state index in [-0.39, 0.29) is 6.61 Å². The van der Waals surface area contributed by atoms with Gasteiger partial charge in [0.25, 0.3) is 5.92 Å². The number of ether oxygens (including phenoxy) is 1. The fourth-order valence-electron chi connectivity index (χ4n) is 3.61. The molecule has 25 heavy (non-hydrogen) atoms. The highest BCUT2D eigenvalue weighted by atomic mass is 19.3. The van der Waals surface area contributed by atoms with Crippen LogP contribution in [0.2, 0.25) is 0 Å². The van der Waals surface area contributed by atoms with E-state index in [4.69, 9.17) is 4.74 Å². The minimum atomic E-state index is -2.88.